The van der Waals surface area contributed by atoms with Crippen LogP contribution < -0.4 is 11.1 Å². The van der Waals surface area contributed by atoms with Crippen LogP contribution in [0, 0.1) is 0 Å². The molecule has 0 aliphatic rings. The zero-order valence-electron chi connectivity index (χ0n) is 12.4. The van der Waals surface area contributed by atoms with Gasteiger partial charge in [0.05, 0.1) is 12.0 Å². The molecule has 0 saturated heterocycles. The summed E-state index contributed by atoms with van der Waals surface area (Å²) in [4.78, 5) is 4.24. The van der Waals surface area contributed by atoms with Gasteiger partial charge in [-0.1, -0.05) is 12.1 Å². The first kappa shape index (κ1) is 16.8. The molecule has 23 heavy (non-hydrogen) atoms. The first-order chi connectivity index (χ1) is 10.9. The lowest BCUT2D eigenvalue weighted by Crippen LogP contribution is -2.20. The number of alkyl halides is 3. The highest BCUT2D eigenvalue weighted by Crippen LogP contribution is 2.23. The predicted octanol–water partition coefficient (Wildman–Crippen LogP) is 3.52. The Morgan fingerprint density at radius 3 is 2.70 bits per heavy atom. The summed E-state index contributed by atoms with van der Waals surface area (Å²) in [6, 6.07) is 10.2. The molecule has 1 aromatic heterocycles. The van der Waals surface area contributed by atoms with Crippen molar-refractivity contribution in [1.82, 2.24) is 5.32 Å². The number of hydrogen-bond donors (Lipinski definition) is 2. The fraction of sp³-hybridized carbons (Fsp3) is 0.188. The van der Waals surface area contributed by atoms with Gasteiger partial charge in [0.2, 0.25) is 0 Å². The van der Waals surface area contributed by atoms with Crippen molar-refractivity contribution in [2.45, 2.75) is 12.7 Å². The Balaban J connectivity index is 2.44. The van der Waals surface area contributed by atoms with E-state index in [1.54, 1.807) is 31.3 Å². The van der Waals surface area contributed by atoms with Gasteiger partial charge in [-0.2, -0.15) is 13.2 Å². The van der Waals surface area contributed by atoms with Crippen molar-refractivity contribution >= 4 is 11.4 Å². The molecule has 0 unspecified atom stereocenters. The van der Waals surface area contributed by atoms with Gasteiger partial charge in [0.1, 0.15) is 11.4 Å². The van der Waals surface area contributed by atoms with E-state index in [9.17, 15) is 13.2 Å². The summed E-state index contributed by atoms with van der Waals surface area (Å²) in [6.07, 6.45) is -2.50. The number of hydrogen-bond acceptors (Lipinski definition) is 4. The van der Waals surface area contributed by atoms with Gasteiger partial charge in [-0.05, 0) is 43.0 Å². The summed E-state index contributed by atoms with van der Waals surface area (Å²) < 4.78 is 43.2. The molecule has 1 aromatic carbocycles. The molecule has 0 spiro atoms. The van der Waals surface area contributed by atoms with Crippen LogP contribution in [0.3, 0.4) is 0 Å². The summed E-state index contributed by atoms with van der Waals surface area (Å²) in [5.74, 6) is 0.205. The number of aliphatic imine (C=N–C) groups is 1. The minimum Gasteiger partial charge on any atom is -0.463 e. The molecule has 4 nitrogen and oxygen atoms in total. The fourth-order valence-corrected chi connectivity index (χ4v) is 1.89. The van der Waals surface area contributed by atoms with E-state index in [1.807, 2.05) is 6.07 Å². The van der Waals surface area contributed by atoms with Gasteiger partial charge in [-0.25, -0.2) is 4.99 Å². The first-order valence-corrected chi connectivity index (χ1v) is 6.80. The summed E-state index contributed by atoms with van der Waals surface area (Å²) in [6.45, 7) is 0.625. The van der Waals surface area contributed by atoms with Crippen molar-refractivity contribution in [2.24, 2.45) is 10.7 Å². The Bertz CT molecular complexity index is 704. The molecule has 0 bridgehead atoms. The largest absolute Gasteiger partial charge is 0.463 e. The van der Waals surface area contributed by atoms with Gasteiger partial charge in [-0.15, -0.1) is 0 Å². The molecule has 3 N–H and O–H groups in total. The highest BCUT2D eigenvalue weighted by Gasteiger charge is 2.32. The SMILES string of the molecule is CNCc1cccc(N=C(/C=C(\N)C(F)(F)F)c2ccco2)c1. The molecule has 2 aromatic rings. The number of nitrogens with one attached hydrogen (secondary N) is 1. The molecule has 0 aliphatic carbocycles. The number of benzene rings is 1. The lowest BCUT2D eigenvalue weighted by atomic mass is 10.2. The average Bonchev–Trinajstić information content (AvgIpc) is 3.00. The van der Waals surface area contributed by atoms with E-state index >= 15 is 0 Å². The standard InChI is InChI=1S/C16H16F3N3O/c1-21-10-11-4-2-5-12(8-11)22-13(14-6-3-7-23-14)9-15(20)16(17,18)19/h2-9,21H,10,20H2,1H3/b15-9-,22-13?. The topological polar surface area (TPSA) is 63.5 Å². The van der Waals surface area contributed by atoms with Crippen molar-refractivity contribution in [3.05, 3.63) is 65.8 Å². The van der Waals surface area contributed by atoms with Crippen LogP contribution in [0.4, 0.5) is 18.9 Å². The Kier molecular flexibility index (Phi) is 5.23. The quantitative estimate of drug-likeness (QED) is 0.828. The van der Waals surface area contributed by atoms with Gasteiger partial charge in [0, 0.05) is 6.54 Å². The molecule has 1 heterocycles. The average molecular weight is 323 g/mol. The number of furan rings is 1. The highest BCUT2D eigenvalue weighted by atomic mass is 19.4. The van der Waals surface area contributed by atoms with Crippen LogP contribution in [0.15, 0.2) is 63.8 Å². The van der Waals surface area contributed by atoms with Crippen molar-refractivity contribution in [2.75, 3.05) is 7.05 Å². The maximum Gasteiger partial charge on any atom is 0.430 e. The van der Waals surface area contributed by atoms with E-state index in [0.29, 0.717) is 12.2 Å². The smallest absolute Gasteiger partial charge is 0.430 e. The third-order valence-electron chi connectivity index (χ3n) is 2.93. The minimum atomic E-state index is -4.62. The highest BCUT2D eigenvalue weighted by molar-refractivity contribution is 6.08. The Labute approximate surface area is 131 Å². The third-order valence-corrected chi connectivity index (χ3v) is 2.93. The molecule has 0 aliphatic heterocycles. The second kappa shape index (κ2) is 7.15. The van der Waals surface area contributed by atoms with Gasteiger partial charge in [0.15, 0.2) is 5.76 Å². The zero-order valence-corrected chi connectivity index (χ0v) is 12.4. The van der Waals surface area contributed by atoms with E-state index in [2.05, 4.69) is 10.3 Å². The van der Waals surface area contributed by atoms with Crippen LogP contribution in [-0.4, -0.2) is 18.9 Å². The Morgan fingerprint density at radius 1 is 1.30 bits per heavy atom. The van der Waals surface area contributed by atoms with Crippen LogP contribution in [-0.2, 0) is 6.54 Å². The molecule has 0 saturated carbocycles. The number of nitrogens with zero attached hydrogens (tertiary/aromatic N) is 1. The van der Waals surface area contributed by atoms with Crippen molar-refractivity contribution in [3.8, 4) is 0 Å². The number of halogens is 3. The normalized spacial score (nSPS) is 13.4. The molecule has 0 fully saturated rings. The minimum absolute atomic E-state index is 0.00596. The molecular formula is C16H16F3N3O. The van der Waals surface area contributed by atoms with E-state index in [0.717, 1.165) is 11.6 Å². The van der Waals surface area contributed by atoms with Gasteiger partial charge in [-0.3, -0.25) is 0 Å². The Morgan fingerprint density at radius 2 is 2.09 bits per heavy atom. The number of allylic oxidation sites excluding steroid dienone is 2. The van der Waals surface area contributed by atoms with E-state index in [4.69, 9.17) is 10.2 Å². The van der Waals surface area contributed by atoms with Crippen molar-refractivity contribution < 1.29 is 17.6 Å². The summed E-state index contributed by atoms with van der Waals surface area (Å²) >= 11 is 0. The lowest BCUT2D eigenvalue weighted by molar-refractivity contribution is -0.0925. The molecule has 0 atom stereocenters. The van der Waals surface area contributed by atoms with Crippen LogP contribution in [0.5, 0.6) is 0 Å². The van der Waals surface area contributed by atoms with Crippen LogP contribution >= 0.6 is 0 Å². The van der Waals surface area contributed by atoms with Crippen molar-refractivity contribution in [1.29, 1.82) is 0 Å². The molecule has 0 amide bonds. The van der Waals surface area contributed by atoms with Gasteiger partial charge < -0.3 is 15.5 Å². The Hall–Kier alpha value is -2.54. The molecule has 7 heteroatoms. The zero-order chi connectivity index (χ0) is 16.9. The van der Waals surface area contributed by atoms with Crippen molar-refractivity contribution in [3.63, 3.8) is 0 Å². The maximum absolute atomic E-state index is 12.7. The third kappa shape index (κ3) is 4.72. The first-order valence-electron chi connectivity index (χ1n) is 6.80. The van der Waals surface area contributed by atoms with Crippen LogP contribution in [0.25, 0.3) is 0 Å². The summed E-state index contributed by atoms with van der Waals surface area (Å²) in [5, 5.41) is 3.00. The molecule has 122 valence electrons. The van der Waals surface area contributed by atoms with E-state index in [1.165, 1.54) is 12.3 Å². The van der Waals surface area contributed by atoms with Crippen LogP contribution in [0.2, 0.25) is 0 Å². The predicted molar refractivity (Wildman–Crippen MR) is 82.4 cm³/mol. The maximum atomic E-state index is 12.7. The molecular weight excluding hydrogens is 307 g/mol. The van der Waals surface area contributed by atoms with E-state index in [-0.39, 0.29) is 11.5 Å². The second-order valence-corrected chi connectivity index (χ2v) is 4.77. The monoisotopic (exact) mass is 323 g/mol. The summed E-state index contributed by atoms with van der Waals surface area (Å²) in [7, 11) is 1.80. The molecule has 0 radical (unpaired) electrons. The number of nitrogens with two attached hydrogens (primary N) is 1. The summed E-state index contributed by atoms with van der Waals surface area (Å²) in [5.41, 5.74) is 5.33. The fourth-order valence-electron chi connectivity index (χ4n) is 1.89. The van der Waals surface area contributed by atoms with E-state index < -0.39 is 11.9 Å². The number of rotatable bonds is 5. The van der Waals surface area contributed by atoms with Gasteiger partial charge >= 0.3 is 6.18 Å². The van der Waals surface area contributed by atoms with Crippen LogP contribution in [0.1, 0.15) is 11.3 Å². The molecule has 2 rings (SSSR count). The lowest BCUT2D eigenvalue weighted by Gasteiger charge is -2.07. The van der Waals surface area contributed by atoms with Gasteiger partial charge in [0.25, 0.3) is 0 Å². The second-order valence-electron chi connectivity index (χ2n) is 4.77.